The molecule has 0 saturated carbocycles. The maximum absolute atomic E-state index is 6.17. The van der Waals surface area contributed by atoms with Gasteiger partial charge in [-0.2, -0.15) is 10.2 Å². The Kier molecular flexibility index (Phi) is 9.52. The molecule has 0 aliphatic rings. The number of hydrogen-bond donors (Lipinski definition) is 2. The summed E-state index contributed by atoms with van der Waals surface area (Å²) < 4.78 is 11.0. The maximum atomic E-state index is 6.17. The van der Waals surface area contributed by atoms with Crippen LogP contribution in [0, 0.1) is 0 Å². The summed E-state index contributed by atoms with van der Waals surface area (Å²) in [6.45, 7) is 4.51. The van der Waals surface area contributed by atoms with Crippen molar-refractivity contribution in [1.29, 1.82) is 0 Å². The second-order valence-corrected chi connectivity index (χ2v) is 7.10. The number of hydrazone groups is 1. The van der Waals surface area contributed by atoms with Crippen molar-refractivity contribution in [2.75, 3.05) is 13.2 Å². The van der Waals surface area contributed by atoms with Gasteiger partial charge in [-0.1, -0.05) is 46.4 Å². The molecule has 11 heteroatoms. The van der Waals surface area contributed by atoms with E-state index in [2.05, 4.69) is 20.7 Å². The molecule has 160 valence electrons. The Morgan fingerprint density at radius 2 is 1.40 bits per heavy atom. The first-order chi connectivity index (χ1) is 14.4. The van der Waals surface area contributed by atoms with Crippen molar-refractivity contribution in [3.63, 3.8) is 0 Å². The van der Waals surface area contributed by atoms with Gasteiger partial charge in [-0.15, -0.1) is 5.10 Å². The Labute approximate surface area is 194 Å². The molecule has 2 rings (SSSR count). The quantitative estimate of drug-likeness (QED) is 0.295. The highest BCUT2D eigenvalue weighted by molar-refractivity contribution is 6.43. The number of benzene rings is 2. The second-order valence-electron chi connectivity index (χ2n) is 5.53. The highest BCUT2D eigenvalue weighted by atomic mass is 35.5. The van der Waals surface area contributed by atoms with Gasteiger partial charge in [0.25, 0.3) is 0 Å². The molecular formula is C19H19Cl4N5O2. The monoisotopic (exact) mass is 489 g/mol. The number of ether oxygens (including phenoxy) is 2. The van der Waals surface area contributed by atoms with Crippen molar-refractivity contribution >= 4 is 64.8 Å². The SMILES string of the molecule is CCOc1c(/C=N/N=C(N)N/N=C/c2ccc(Cl)c(Cl)c2OCC)ccc(Cl)c1Cl. The van der Waals surface area contributed by atoms with E-state index >= 15 is 0 Å². The summed E-state index contributed by atoms with van der Waals surface area (Å²) in [4.78, 5) is 0. The summed E-state index contributed by atoms with van der Waals surface area (Å²) in [7, 11) is 0. The minimum absolute atomic E-state index is 0.0430. The van der Waals surface area contributed by atoms with E-state index < -0.39 is 0 Å². The van der Waals surface area contributed by atoms with Gasteiger partial charge in [0.1, 0.15) is 21.5 Å². The minimum atomic E-state index is -0.0430. The Balaban J connectivity index is 2.10. The predicted octanol–water partition coefficient (Wildman–Crippen LogP) is 5.37. The van der Waals surface area contributed by atoms with Crippen molar-refractivity contribution in [1.82, 2.24) is 5.43 Å². The first-order valence-electron chi connectivity index (χ1n) is 8.76. The Morgan fingerprint density at radius 3 is 1.90 bits per heavy atom. The van der Waals surface area contributed by atoms with Crippen molar-refractivity contribution in [2.45, 2.75) is 13.8 Å². The van der Waals surface area contributed by atoms with Crippen LogP contribution in [-0.4, -0.2) is 31.6 Å². The molecular weight excluding hydrogens is 472 g/mol. The lowest BCUT2D eigenvalue weighted by atomic mass is 10.2. The molecule has 0 saturated heterocycles. The minimum Gasteiger partial charge on any atom is -0.492 e. The van der Waals surface area contributed by atoms with Gasteiger partial charge in [-0.3, -0.25) is 0 Å². The van der Waals surface area contributed by atoms with E-state index in [1.807, 2.05) is 13.8 Å². The molecule has 0 radical (unpaired) electrons. The molecule has 0 bridgehead atoms. The van der Waals surface area contributed by atoms with E-state index in [0.29, 0.717) is 55.9 Å². The first-order valence-corrected chi connectivity index (χ1v) is 10.3. The van der Waals surface area contributed by atoms with E-state index in [0.717, 1.165) is 0 Å². The average Bonchev–Trinajstić information content (AvgIpc) is 2.72. The van der Waals surface area contributed by atoms with Crippen LogP contribution in [0.25, 0.3) is 0 Å². The summed E-state index contributed by atoms with van der Waals surface area (Å²) in [5, 5.41) is 13.1. The topological polar surface area (TPSA) is 93.6 Å². The first kappa shape index (κ1) is 24.1. The van der Waals surface area contributed by atoms with E-state index in [9.17, 15) is 0 Å². The van der Waals surface area contributed by atoms with Crippen molar-refractivity contribution < 1.29 is 9.47 Å². The molecule has 0 fully saturated rings. The molecule has 0 unspecified atom stereocenters. The van der Waals surface area contributed by atoms with Gasteiger partial charge in [0.05, 0.1) is 35.7 Å². The molecule has 0 heterocycles. The van der Waals surface area contributed by atoms with Crippen LogP contribution in [0.4, 0.5) is 0 Å². The lowest BCUT2D eigenvalue weighted by Gasteiger charge is -2.10. The lowest BCUT2D eigenvalue weighted by molar-refractivity contribution is 0.340. The molecule has 3 N–H and O–H groups in total. The highest BCUT2D eigenvalue weighted by Gasteiger charge is 2.11. The molecule has 0 atom stereocenters. The van der Waals surface area contributed by atoms with E-state index in [1.165, 1.54) is 12.4 Å². The van der Waals surface area contributed by atoms with Gasteiger partial charge in [-0.25, -0.2) is 5.43 Å². The number of guanidine groups is 1. The molecule has 0 spiro atoms. The largest absolute Gasteiger partial charge is 0.492 e. The molecule has 0 aliphatic carbocycles. The average molecular weight is 491 g/mol. The van der Waals surface area contributed by atoms with E-state index in [1.54, 1.807) is 24.3 Å². The Bertz CT molecular complexity index is 980. The standard InChI is InChI=1S/C19H19Cl4N5O2/c1-3-29-17-11(5-7-13(20)15(17)22)9-25-27-19(24)28-26-10-12-6-8-14(21)16(23)18(12)30-4-2/h5-10H,3-4H2,1-2H3,(H3,24,27,28)/b25-9+,26-10+. The zero-order valence-electron chi connectivity index (χ0n) is 16.1. The van der Waals surface area contributed by atoms with Crippen LogP contribution in [0.15, 0.2) is 39.6 Å². The Hall–Kier alpha value is -2.19. The van der Waals surface area contributed by atoms with Gasteiger partial charge in [0, 0.05) is 11.1 Å². The molecule has 0 aromatic heterocycles. The van der Waals surface area contributed by atoms with Crippen LogP contribution < -0.4 is 20.6 Å². The van der Waals surface area contributed by atoms with Crippen LogP contribution in [0.1, 0.15) is 25.0 Å². The fourth-order valence-electron chi connectivity index (χ4n) is 2.22. The van der Waals surface area contributed by atoms with Gasteiger partial charge in [-0.05, 0) is 38.1 Å². The van der Waals surface area contributed by atoms with Crippen LogP contribution in [0.3, 0.4) is 0 Å². The van der Waals surface area contributed by atoms with E-state index in [4.69, 9.17) is 61.6 Å². The number of nitrogens with one attached hydrogen (secondary N) is 1. The Morgan fingerprint density at radius 1 is 0.900 bits per heavy atom. The van der Waals surface area contributed by atoms with Gasteiger partial charge in [0.15, 0.2) is 0 Å². The zero-order valence-corrected chi connectivity index (χ0v) is 19.1. The van der Waals surface area contributed by atoms with Crippen molar-refractivity contribution in [3.05, 3.63) is 55.5 Å². The summed E-state index contributed by atoms with van der Waals surface area (Å²) in [6.07, 6.45) is 2.92. The highest BCUT2D eigenvalue weighted by Crippen LogP contribution is 2.35. The molecule has 0 amide bonds. The van der Waals surface area contributed by atoms with Gasteiger partial charge < -0.3 is 15.2 Å². The van der Waals surface area contributed by atoms with Crippen molar-refractivity contribution in [2.24, 2.45) is 21.0 Å². The summed E-state index contributed by atoms with van der Waals surface area (Å²) in [6, 6.07) is 6.70. The molecule has 7 nitrogen and oxygen atoms in total. The van der Waals surface area contributed by atoms with Crippen LogP contribution >= 0.6 is 46.4 Å². The number of nitrogens with zero attached hydrogens (tertiary/aromatic N) is 3. The van der Waals surface area contributed by atoms with Crippen LogP contribution in [0.5, 0.6) is 11.5 Å². The summed E-state index contributed by atoms with van der Waals surface area (Å²) in [5.41, 5.74) is 9.53. The molecule has 30 heavy (non-hydrogen) atoms. The second kappa shape index (κ2) is 11.9. The van der Waals surface area contributed by atoms with Gasteiger partial charge in [0.2, 0.25) is 5.96 Å². The fourth-order valence-corrected chi connectivity index (χ4v) is 2.97. The van der Waals surface area contributed by atoms with Gasteiger partial charge >= 0.3 is 0 Å². The number of nitrogens with two attached hydrogens (primary N) is 1. The number of hydrogen-bond acceptors (Lipinski definition) is 5. The number of halogens is 4. The van der Waals surface area contributed by atoms with Crippen molar-refractivity contribution in [3.8, 4) is 11.5 Å². The normalized spacial score (nSPS) is 12.0. The predicted molar refractivity (Wildman–Crippen MR) is 125 cm³/mol. The fraction of sp³-hybridized carbons (Fsp3) is 0.211. The smallest absolute Gasteiger partial charge is 0.234 e. The molecule has 2 aromatic carbocycles. The van der Waals surface area contributed by atoms with Crippen LogP contribution in [0.2, 0.25) is 20.1 Å². The number of rotatable bonds is 8. The lowest BCUT2D eigenvalue weighted by Crippen LogP contribution is -2.26. The third-order valence-corrected chi connectivity index (χ3v) is 5.06. The molecule has 2 aromatic rings. The summed E-state index contributed by atoms with van der Waals surface area (Å²) in [5.74, 6) is 0.797. The third kappa shape index (κ3) is 6.40. The maximum Gasteiger partial charge on any atom is 0.234 e. The molecule has 0 aliphatic heterocycles. The summed E-state index contributed by atoms with van der Waals surface area (Å²) >= 11 is 24.3. The zero-order chi connectivity index (χ0) is 22.1. The van der Waals surface area contributed by atoms with E-state index in [-0.39, 0.29) is 5.96 Å². The van der Waals surface area contributed by atoms with Crippen LogP contribution in [-0.2, 0) is 0 Å². The third-order valence-electron chi connectivity index (χ3n) is 3.48.